The summed E-state index contributed by atoms with van der Waals surface area (Å²) in [5.74, 6) is 0. The van der Waals surface area contributed by atoms with E-state index in [9.17, 15) is 0 Å². The van der Waals surface area contributed by atoms with Crippen molar-refractivity contribution < 1.29 is 0 Å². The van der Waals surface area contributed by atoms with Crippen LogP contribution in [0.3, 0.4) is 0 Å². The maximum Gasteiger partial charge on any atom is 0.0470 e. The first-order valence-electron chi connectivity index (χ1n) is 3.91. The van der Waals surface area contributed by atoms with Gasteiger partial charge in [-0.2, -0.15) is 12.6 Å². The molecule has 0 bridgehead atoms. The number of rotatable bonds is 1. The van der Waals surface area contributed by atoms with E-state index in [4.69, 9.17) is 5.73 Å². The summed E-state index contributed by atoms with van der Waals surface area (Å²) in [6, 6.07) is 0. The van der Waals surface area contributed by atoms with Gasteiger partial charge in [-0.1, -0.05) is 30.4 Å². The maximum atomic E-state index is 5.81. The third kappa shape index (κ3) is 2.05. The van der Waals surface area contributed by atoms with Crippen molar-refractivity contribution in [3.8, 4) is 0 Å². The Balaban J connectivity index is 3.03. The molecule has 0 amide bonds. The van der Waals surface area contributed by atoms with Gasteiger partial charge in [-0.3, -0.25) is 0 Å². The molecule has 64 valence electrons. The smallest absolute Gasteiger partial charge is 0.0470 e. The van der Waals surface area contributed by atoms with E-state index in [2.05, 4.69) is 12.6 Å². The Bertz CT molecular complexity index is 272. The van der Waals surface area contributed by atoms with Gasteiger partial charge in [-0.25, -0.2) is 0 Å². The molecule has 0 aromatic rings. The van der Waals surface area contributed by atoms with Gasteiger partial charge in [0.25, 0.3) is 0 Å². The van der Waals surface area contributed by atoms with Crippen molar-refractivity contribution in [2.24, 2.45) is 5.73 Å². The van der Waals surface area contributed by atoms with E-state index >= 15 is 0 Å². The Labute approximate surface area is 78.8 Å². The Morgan fingerprint density at radius 1 is 1.50 bits per heavy atom. The lowest BCUT2D eigenvalue weighted by Gasteiger charge is -2.07. The molecule has 1 atom stereocenters. The molecule has 0 aromatic heterocycles. The summed E-state index contributed by atoms with van der Waals surface area (Å²) in [7, 11) is 0. The fourth-order valence-electron chi connectivity index (χ4n) is 1.07. The highest BCUT2D eigenvalue weighted by molar-refractivity contribution is 7.81. The number of hydrogen-bond acceptors (Lipinski definition) is 2. The van der Waals surface area contributed by atoms with Crippen molar-refractivity contribution in [3.63, 3.8) is 0 Å². The Kier molecular flexibility index (Phi) is 3.23. The minimum absolute atomic E-state index is 0.108. The normalized spacial score (nSPS) is 23.7. The summed E-state index contributed by atoms with van der Waals surface area (Å²) >= 11 is 4.40. The fourth-order valence-corrected chi connectivity index (χ4v) is 1.41. The van der Waals surface area contributed by atoms with Gasteiger partial charge in [0.1, 0.15) is 0 Å². The van der Waals surface area contributed by atoms with Gasteiger partial charge in [0.15, 0.2) is 0 Å². The highest BCUT2D eigenvalue weighted by atomic mass is 32.1. The second kappa shape index (κ2) is 4.21. The molecule has 2 N–H and O–H groups in total. The van der Waals surface area contributed by atoms with Crippen molar-refractivity contribution in [2.75, 3.05) is 0 Å². The molecule has 1 rings (SSSR count). The molecular weight excluding hydrogens is 166 g/mol. The SMILES string of the molecule is C/C=C/C1=C(N)C=CC=CC1S. The number of allylic oxidation sites excluding steroid dienone is 5. The van der Waals surface area contributed by atoms with Crippen LogP contribution in [0.4, 0.5) is 0 Å². The van der Waals surface area contributed by atoms with Crippen molar-refractivity contribution >= 4 is 12.6 Å². The number of hydrogen-bond donors (Lipinski definition) is 2. The van der Waals surface area contributed by atoms with Gasteiger partial charge in [0, 0.05) is 10.9 Å². The van der Waals surface area contributed by atoms with Crippen LogP contribution in [0.25, 0.3) is 0 Å². The number of nitrogens with two attached hydrogens (primary N) is 1. The molecular formula is C10H13NS. The lowest BCUT2D eigenvalue weighted by atomic mass is 10.1. The zero-order valence-electron chi connectivity index (χ0n) is 7.07. The van der Waals surface area contributed by atoms with E-state index in [1.165, 1.54) is 0 Å². The second-order valence-electron chi connectivity index (χ2n) is 2.60. The molecule has 0 saturated carbocycles. The van der Waals surface area contributed by atoms with E-state index in [0.29, 0.717) is 0 Å². The van der Waals surface area contributed by atoms with Crippen molar-refractivity contribution in [2.45, 2.75) is 12.2 Å². The minimum Gasteiger partial charge on any atom is -0.398 e. The predicted octanol–water partition coefficient (Wildman–Crippen LogP) is 2.20. The van der Waals surface area contributed by atoms with Crippen LogP contribution >= 0.6 is 12.6 Å². The van der Waals surface area contributed by atoms with Crippen LogP contribution in [0, 0.1) is 0 Å². The average Bonchev–Trinajstić information content (AvgIpc) is 2.19. The summed E-state index contributed by atoms with van der Waals surface area (Å²) in [4.78, 5) is 0. The zero-order valence-corrected chi connectivity index (χ0v) is 7.96. The van der Waals surface area contributed by atoms with Gasteiger partial charge in [0.05, 0.1) is 0 Å². The monoisotopic (exact) mass is 179 g/mol. The molecule has 0 heterocycles. The quantitative estimate of drug-likeness (QED) is 0.593. The first-order chi connectivity index (χ1) is 5.75. The third-order valence-electron chi connectivity index (χ3n) is 1.68. The van der Waals surface area contributed by atoms with Crippen LogP contribution in [-0.4, -0.2) is 5.25 Å². The molecule has 0 spiro atoms. The van der Waals surface area contributed by atoms with Crippen LogP contribution in [0.2, 0.25) is 0 Å². The highest BCUT2D eigenvalue weighted by Crippen LogP contribution is 2.18. The van der Waals surface area contributed by atoms with Gasteiger partial charge in [-0.15, -0.1) is 0 Å². The Morgan fingerprint density at radius 3 is 2.92 bits per heavy atom. The molecule has 12 heavy (non-hydrogen) atoms. The van der Waals surface area contributed by atoms with Crippen molar-refractivity contribution in [1.29, 1.82) is 0 Å². The lowest BCUT2D eigenvalue weighted by molar-refractivity contribution is 1.24. The molecule has 0 saturated heterocycles. The molecule has 0 fully saturated rings. The van der Waals surface area contributed by atoms with Gasteiger partial charge < -0.3 is 5.73 Å². The van der Waals surface area contributed by atoms with Crippen molar-refractivity contribution in [3.05, 3.63) is 47.7 Å². The van der Waals surface area contributed by atoms with E-state index in [1.807, 2.05) is 43.4 Å². The summed E-state index contributed by atoms with van der Waals surface area (Å²) in [6.07, 6.45) is 11.7. The van der Waals surface area contributed by atoms with E-state index < -0.39 is 0 Å². The van der Waals surface area contributed by atoms with E-state index in [1.54, 1.807) is 0 Å². The fraction of sp³-hybridized carbons (Fsp3) is 0.200. The third-order valence-corrected chi connectivity index (χ3v) is 2.13. The van der Waals surface area contributed by atoms with Crippen LogP contribution < -0.4 is 5.73 Å². The summed E-state index contributed by atoms with van der Waals surface area (Å²) in [6.45, 7) is 1.97. The van der Waals surface area contributed by atoms with Crippen LogP contribution in [-0.2, 0) is 0 Å². The molecule has 2 heteroatoms. The lowest BCUT2D eigenvalue weighted by Crippen LogP contribution is -2.05. The van der Waals surface area contributed by atoms with Gasteiger partial charge in [-0.05, 0) is 18.6 Å². The molecule has 1 aliphatic rings. The van der Waals surface area contributed by atoms with E-state index in [-0.39, 0.29) is 5.25 Å². The maximum absolute atomic E-state index is 5.81. The summed E-state index contributed by atoms with van der Waals surface area (Å²) in [5.41, 5.74) is 7.66. The standard InChI is InChI=1S/C10H13NS/c1-2-5-8-9(11)6-3-4-7-10(8)12/h2-7,10,12H,11H2,1H3/b5-2+. The van der Waals surface area contributed by atoms with Crippen LogP contribution in [0.15, 0.2) is 47.7 Å². The molecule has 1 unspecified atom stereocenters. The van der Waals surface area contributed by atoms with Crippen LogP contribution in [0.5, 0.6) is 0 Å². The van der Waals surface area contributed by atoms with Crippen molar-refractivity contribution in [1.82, 2.24) is 0 Å². The largest absolute Gasteiger partial charge is 0.398 e. The van der Waals surface area contributed by atoms with Gasteiger partial charge >= 0.3 is 0 Å². The second-order valence-corrected chi connectivity index (χ2v) is 3.16. The Morgan fingerprint density at radius 2 is 2.25 bits per heavy atom. The highest BCUT2D eigenvalue weighted by Gasteiger charge is 2.07. The number of thiol groups is 1. The van der Waals surface area contributed by atoms with E-state index in [0.717, 1.165) is 11.3 Å². The summed E-state index contributed by atoms with van der Waals surface area (Å²) in [5, 5.41) is 0.108. The summed E-state index contributed by atoms with van der Waals surface area (Å²) < 4.78 is 0. The molecule has 1 nitrogen and oxygen atoms in total. The molecule has 0 radical (unpaired) electrons. The predicted molar refractivity (Wildman–Crippen MR) is 57.1 cm³/mol. The Hall–Kier alpha value is -0.890. The zero-order chi connectivity index (χ0) is 8.97. The molecule has 0 aromatic carbocycles. The van der Waals surface area contributed by atoms with Gasteiger partial charge in [0.2, 0.25) is 0 Å². The first kappa shape index (κ1) is 9.20. The van der Waals surface area contributed by atoms with Crippen LogP contribution in [0.1, 0.15) is 6.92 Å². The average molecular weight is 179 g/mol. The minimum atomic E-state index is 0.108. The first-order valence-corrected chi connectivity index (χ1v) is 4.42. The molecule has 1 aliphatic carbocycles. The molecule has 0 aliphatic heterocycles. The topological polar surface area (TPSA) is 26.0 Å².